The molecule has 2 fully saturated rings. The van der Waals surface area contributed by atoms with Crippen LogP contribution >= 0.6 is 18.3 Å². The topological polar surface area (TPSA) is 121 Å². The number of carbonyl (C=O) groups is 1. The lowest BCUT2D eigenvalue weighted by atomic mass is 10.1. The molecule has 2 aliphatic rings. The average Bonchev–Trinajstić information content (AvgIpc) is 3.20. The molecule has 5 unspecified atom stereocenters. The van der Waals surface area contributed by atoms with Crippen LogP contribution in [0.15, 0.2) is 65.6 Å². The van der Waals surface area contributed by atoms with Gasteiger partial charge < -0.3 is 19.7 Å². The summed E-state index contributed by atoms with van der Waals surface area (Å²) in [5, 5.41) is 13.9. The summed E-state index contributed by atoms with van der Waals surface area (Å²) >= 11 is 11.6. The second-order valence-corrected chi connectivity index (χ2v) is 11.7. The lowest BCUT2D eigenvalue weighted by molar-refractivity contribution is -0.0613. The number of hydrogen-bond donors (Lipinski definition) is 2. The monoisotopic (exact) mass is 563 g/mol. The van der Waals surface area contributed by atoms with Crippen molar-refractivity contribution in [3.05, 3.63) is 87.4 Å². The summed E-state index contributed by atoms with van der Waals surface area (Å²) < 4.78 is 24.2. The van der Waals surface area contributed by atoms with Crippen molar-refractivity contribution >= 4 is 41.9 Å². The number of aromatic nitrogens is 2. The predicted octanol–water partition coefficient (Wildman–Crippen LogP) is 3.69. The Bertz CT molecular complexity index is 1420. The number of hydrogen-bond acceptors (Lipinski definition) is 9. The molecule has 5 atom stereocenters. The molecule has 0 radical (unpaired) electrons. The number of rotatable bonds is 6. The van der Waals surface area contributed by atoms with Crippen LogP contribution in [0.3, 0.4) is 0 Å². The second kappa shape index (κ2) is 10.6. The van der Waals surface area contributed by atoms with Crippen molar-refractivity contribution in [1.82, 2.24) is 9.55 Å². The first-order chi connectivity index (χ1) is 17.8. The highest BCUT2D eigenvalue weighted by Crippen LogP contribution is 2.57. The van der Waals surface area contributed by atoms with E-state index in [0.717, 1.165) is 16.6 Å². The minimum Gasteiger partial charge on any atom is -0.423 e. The van der Waals surface area contributed by atoms with E-state index in [2.05, 4.69) is 10.3 Å². The Morgan fingerprint density at radius 1 is 1.27 bits per heavy atom. The van der Waals surface area contributed by atoms with Gasteiger partial charge in [0.15, 0.2) is 6.23 Å². The standard InChI is InChI=1S/C24H23ClN3O7PS/c1-2-14-7-9-15(10-8-14)22(30)26-19-11-12-28(24(31)27-19)23-20(29)21-18(33-23)13-32-36(37,35-21)34-17-6-4-3-5-16(17)25/h3-12,18,20-21,23,29H,2,13H2,1H3,(H,26,27,30,31). The maximum atomic E-state index is 12.8. The van der Waals surface area contributed by atoms with E-state index in [1.165, 1.54) is 12.3 Å². The van der Waals surface area contributed by atoms with Gasteiger partial charge in [0, 0.05) is 23.6 Å². The number of amides is 1. The number of ether oxygens (including phenoxy) is 1. The molecule has 0 saturated carbocycles. The van der Waals surface area contributed by atoms with Gasteiger partial charge in [0.25, 0.3) is 5.91 Å². The van der Waals surface area contributed by atoms with Crippen LogP contribution in [0.5, 0.6) is 5.75 Å². The third-order valence-corrected chi connectivity index (χ3v) is 8.47. The third kappa shape index (κ3) is 5.49. The normalized spacial score (nSPS) is 26.9. The number of aryl methyl sites for hydroxylation is 1. The summed E-state index contributed by atoms with van der Waals surface area (Å²) in [4.78, 5) is 29.2. The quantitative estimate of drug-likeness (QED) is 0.432. The second-order valence-electron chi connectivity index (χ2n) is 8.40. The number of anilines is 1. The fraction of sp³-hybridized carbons (Fsp3) is 0.292. The zero-order valence-electron chi connectivity index (χ0n) is 19.5. The fourth-order valence-corrected chi connectivity index (χ4v) is 6.40. The molecule has 10 nitrogen and oxygen atoms in total. The number of halogens is 1. The van der Waals surface area contributed by atoms with Crippen LogP contribution in [0.1, 0.15) is 29.1 Å². The molecule has 3 aromatic rings. The molecule has 2 aromatic carbocycles. The summed E-state index contributed by atoms with van der Waals surface area (Å²) in [5.41, 5.74) is 0.816. The Morgan fingerprint density at radius 2 is 2.03 bits per heavy atom. The Hall–Kier alpha value is -2.63. The summed E-state index contributed by atoms with van der Waals surface area (Å²) in [6.45, 7) is -1.28. The molecular weight excluding hydrogens is 541 g/mol. The summed E-state index contributed by atoms with van der Waals surface area (Å²) in [6.07, 6.45) is -1.71. The summed E-state index contributed by atoms with van der Waals surface area (Å²) in [6, 6.07) is 15.3. The Kier molecular flexibility index (Phi) is 7.46. The van der Waals surface area contributed by atoms with E-state index >= 15 is 0 Å². The number of fused-ring (bicyclic) bond motifs is 1. The molecule has 0 spiro atoms. The lowest BCUT2D eigenvalue weighted by Gasteiger charge is -2.33. The number of aliphatic hydroxyl groups is 1. The number of carbonyl (C=O) groups excluding carboxylic acids is 1. The first kappa shape index (κ1) is 26.0. The van der Waals surface area contributed by atoms with Crippen molar-refractivity contribution in [2.24, 2.45) is 0 Å². The van der Waals surface area contributed by atoms with E-state index in [0.29, 0.717) is 16.3 Å². The Morgan fingerprint density at radius 3 is 2.73 bits per heavy atom. The smallest absolute Gasteiger partial charge is 0.381 e. The van der Waals surface area contributed by atoms with Gasteiger partial charge in [-0.2, -0.15) is 4.98 Å². The molecule has 2 saturated heterocycles. The van der Waals surface area contributed by atoms with E-state index < -0.39 is 42.9 Å². The van der Waals surface area contributed by atoms with Crippen molar-refractivity contribution < 1.29 is 28.2 Å². The van der Waals surface area contributed by atoms with Crippen LogP contribution in [0.2, 0.25) is 5.02 Å². The molecule has 3 heterocycles. The molecule has 2 N–H and O–H groups in total. The van der Waals surface area contributed by atoms with Crippen molar-refractivity contribution in [2.75, 3.05) is 11.9 Å². The number of aliphatic hydroxyl groups excluding tert-OH is 1. The molecule has 2 aliphatic heterocycles. The SMILES string of the molecule is CCc1ccc(C(=O)Nc2ccn(C3OC4COP(=S)(Oc5ccccc5Cl)OC4C3O)c(=O)n2)cc1. The average molecular weight is 564 g/mol. The highest BCUT2D eigenvalue weighted by Gasteiger charge is 2.52. The van der Waals surface area contributed by atoms with Crippen LogP contribution in [0.4, 0.5) is 5.82 Å². The van der Waals surface area contributed by atoms with E-state index in [9.17, 15) is 14.7 Å². The van der Waals surface area contributed by atoms with E-state index in [1.54, 1.807) is 36.4 Å². The molecule has 13 heteroatoms. The summed E-state index contributed by atoms with van der Waals surface area (Å²) in [7, 11) is 0. The third-order valence-electron chi connectivity index (χ3n) is 5.97. The highest BCUT2D eigenvalue weighted by molar-refractivity contribution is 8.07. The highest BCUT2D eigenvalue weighted by atomic mass is 35.5. The molecule has 194 valence electrons. The molecule has 1 amide bonds. The molecule has 37 heavy (non-hydrogen) atoms. The van der Waals surface area contributed by atoms with Crippen LogP contribution in [0.25, 0.3) is 0 Å². The first-order valence-electron chi connectivity index (χ1n) is 11.5. The summed E-state index contributed by atoms with van der Waals surface area (Å²) in [5.74, 6) is -0.0282. The van der Waals surface area contributed by atoms with Gasteiger partial charge in [0.1, 0.15) is 29.9 Å². The number of benzene rings is 2. The zero-order valence-corrected chi connectivity index (χ0v) is 22.0. The number of nitrogens with zero attached hydrogens (tertiary/aromatic N) is 2. The van der Waals surface area contributed by atoms with Crippen molar-refractivity contribution in [2.45, 2.75) is 37.9 Å². The van der Waals surface area contributed by atoms with Crippen LogP contribution < -0.4 is 15.5 Å². The van der Waals surface area contributed by atoms with Gasteiger partial charge in [-0.25, -0.2) is 4.79 Å². The van der Waals surface area contributed by atoms with Gasteiger partial charge in [-0.1, -0.05) is 42.8 Å². The van der Waals surface area contributed by atoms with Crippen molar-refractivity contribution in [3.8, 4) is 5.75 Å². The minimum absolute atomic E-state index is 0.00685. The number of nitrogens with one attached hydrogen (secondary N) is 1. The maximum Gasteiger partial charge on any atom is 0.381 e. The zero-order chi connectivity index (χ0) is 26.2. The van der Waals surface area contributed by atoms with Gasteiger partial charge in [0.05, 0.1) is 11.6 Å². The Labute approximate surface area is 222 Å². The van der Waals surface area contributed by atoms with E-state index in [4.69, 9.17) is 41.7 Å². The van der Waals surface area contributed by atoms with Crippen LogP contribution in [-0.4, -0.2) is 45.5 Å². The van der Waals surface area contributed by atoms with Gasteiger partial charge in [-0.3, -0.25) is 18.4 Å². The van der Waals surface area contributed by atoms with E-state index in [-0.39, 0.29) is 12.4 Å². The Balaban J connectivity index is 1.28. The van der Waals surface area contributed by atoms with Crippen LogP contribution in [0, 0.1) is 0 Å². The van der Waals surface area contributed by atoms with Gasteiger partial charge in [0.2, 0.25) is 0 Å². The molecule has 0 bridgehead atoms. The van der Waals surface area contributed by atoms with Gasteiger partial charge in [-0.05, 0) is 42.3 Å². The fourth-order valence-electron chi connectivity index (χ4n) is 4.00. The molecule has 0 aliphatic carbocycles. The number of para-hydroxylation sites is 1. The molecule has 1 aromatic heterocycles. The largest absolute Gasteiger partial charge is 0.423 e. The van der Waals surface area contributed by atoms with Gasteiger partial charge >= 0.3 is 12.4 Å². The lowest BCUT2D eigenvalue weighted by Crippen LogP contribution is -2.40. The maximum absolute atomic E-state index is 12.8. The molecular formula is C24H23ClN3O7PS. The molecule has 5 rings (SSSR count). The van der Waals surface area contributed by atoms with Crippen LogP contribution in [-0.2, 0) is 32.0 Å². The van der Waals surface area contributed by atoms with Crippen molar-refractivity contribution in [3.63, 3.8) is 0 Å². The van der Waals surface area contributed by atoms with Gasteiger partial charge in [-0.15, -0.1) is 0 Å². The first-order valence-corrected chi connectivity index (χ1v) is 14.4. The van der Waals surface area contributed by atoms with E-state index in [1.807, 2.05) is 19.1 Å². The predicted molar refractivity (Wildman–Crippen MR) is 139 cm³/mol. The van der Waals surface area contributed by atoms with Crippen molar-refractivity contribution in [1.29, 1.82) is 0 Å². The minimum atomic E-state index is -3.30.